The predicted octanol–water partition coefficient (Wildman–Crippen LogP) is 2.14. The first-order valence-corrected chi connectivity index (χ1v) is 6.59. The molecule has 0 aliphatic heterocycles. The van der Waals surface area contributed by atoms with Gasteiger partial charge in [-0.05, 0) is 24.3 Å². The molecule has 0 saturated heterocycles. The lowest BCUT2D eigenvalue weighted by Crippen LogP contribution is -2.21. The molecule has 7 heteroatoms. The van der Waals surface area contributed by atoms with Gasteiger partial charge in [0.2, 0.25) is 0 Å². The zero-order chi connectivity index (χ0) is 16.4. The fourth-order valence-electron chi connectivity index (χ4n) is 2.03. The molecule has 0 spiro atoms. The second-order valence-corrected chi connectivity index (χ2v) is 4.65. The van der Waals surface area contributed by atoms with Gasteiger partial charge in [0, 0.05) is 5.39 Å². The Labute approximate surface area is 129 Å². The summed E-state index contributed by atoms with van der Waals surface area (Å²) in [7, 11) is 0. The van der Waals surface area contributed by atoms with Crippen molar-refractivity contribution in [2.45, 2.75) is 0 Å². The number of benzene rings is 1. The molecule has 0 atom stereocenters. The Hall–Kier alpha value is -3.48. The molecule has 0 saturated carbocycles. The second kappa shape index (κ2) is 5.72. The van der Waals surface area contributed by atoms with Gasteiger partial charge in [0.1, 0.15) is 17.0 Å². The summed E-state index contributed by atoms with van der Waals surface area (Å²) < 4.78 is 5.08. The Morgan fingerprint density at radius 1 is 1.09 bits per heavy atom. The van der Waals surface area contributed by atoms with E-state index in [2.05, 4.69) is 10.3 Å². The molecule has 0 aliphatic carbocycles. The first-order chi connectivity index (χ1) is 11.0. The largest absolute Gasteiger partial charge is 0.477 e. The van der Waals surface area contributed by atoms with Crippen LogP contribution in [-0.2, 0) is 0 Å². The van der Waals surface area contributed by atoms with Gasteiger partial charge < -0.3 is 14.8 Å². The number of aromatic carboxylic acids is 1. The standard InChI is InChI=1S/C16H10N2O5/c19-14(18-13-7-3-5-11(17-13)15(20)21)10-8-9-4-1-2-6-12(9)23-16(10)22/h1-8H,(H,20,21)(H,17,18,19). The van der Waals surface area contributed by atoms with Crippen molar-refractivity contribution in [1.82, 2.24) is 4.98 Å². The van der Waals surface area contributed by atoms with Gasteiger partial charge >= 0.3 is 11.6 Å². The maximum Gasteiger partial charge on any atom is 0.354 e. The minimum absolute atomic E-state index is 0.0301. The highest BCUT2D eigenvalue weighted by atomic mass is 16.4. The van der Waals surface area contributed by atoms with Gasteiger partial charge in [-0.2, -0.15) is 0 Å². The normalized spacial score (nSPS) is 10.4. The number of carbonyl (C=O) groups excluding carboxylic acids is 1. The van der Waals surface area contributed by atoms with E-state index in [-0.39, 0.29) is 17.1 Å². The molecule has 3 aromatic rings. The summed E-state index contributed by atoms with van der Waals surface area (Å²) in [6.07, 6.45) is 0. The average molecular weight is 310 g/mol. The highest BCUT2D eigenvalue weighted by Crippen LogP contribution is 2.13. The number of rotatable bonds is 3. The lowest BCUT2D eigenvalue weighted by Gasteiger charge is -2.05. The number of para-hydroxylation sites is 1. The Kier molecular flexibility index (Phi) is 3.60. The van der Waals surface area contributed by atoms with Crippen LogP contribution in [0.15, 0.2) is 57.7 Å². The van der Waals surface area contributed by atoms with E-state index in [0.29, 0.717) is 11.0 Å². The highest BCUT2D eigenvalue weighted by molar-refractivity contribution is 6.05. The molecule has 0 radical (unpaired) electrons. The number of hydrogen-bond acceptors (Lipinski definition) is 5. The zero-order valence-corrected chi connectivity index (χ0v) is 11.6. The summed E-state index contributed by atoms with van der Waals surface area (Å²) in [5.74, 6) is -1.91. The van der Waals surface area contributed by atoms with Gasteiger partial charge in [0.25, 0.3) is 5.91 Å². The van der Waals surface area contributed by atoms with Crippen molar-refractivity contribution >= 4 is 28.7 Å². The third kappa shape index (κ3) is 2.93. The monoisotopic (exact) mass is 310 g/mol. The highest BCUT2D eigenvalue weighted by Gasteiger charge is 2.15. The molecule has 114 valence electrons. The van der Waals surface area contributed by atoms with Crippen LogP contribution in [0.2, 0.25) is 0 Å². The maximum absolute atomic E-state index is 12.2. The van der Waals surface area contributed by atoms with Crippen LogP contribution in [0.3, 0.4) is 0 Å². The number of carbonyl (C=O) groups is 2. The van der Waals surface area contributed by atoms with Crippen molar-refractivity contribution in [3.05, 3.63) is 70.2 Å². The molecule has 23 heavy (non-hydrogen) atoms. The SMILES string of the molecule is O=C(O)c1cccc(NC(=O)c2cc3ccccc3oc2=O)n1. The maximum atomic E-state index is 12.2. The number of anilines is 1. The van der Waals surface area contributed by atoms with Crippen LogP contribution in [0.4, 0.5) is 5.82 Å². The summed E-state index contributed by atoms with van der Waals surface area (Å²) in [5, 5.41) is 11.9. The smallest absolute Gasteiger partial charge is 0.354 e. The lowest BCUT2D eigenvalue weighted by atomic mass is 10.2. The number of hydrogen-bond donors (Lipinski definition) is 2. The molecule has 1 aromatic carbocycles. The van der Waals surface area contributed by atoms with E-state index in [4.69, 9.17) is 9.52 Å². The Balaban J connectivity index is 1.94. The molecule has 0 unspecified atom stereocenters. The number of carboxylic acids is 1. The van der Waals surface area contributed by atoms with E-state index in [1.165, 1.54) is 24.3 Å². The van der Waals surface area contributed by atoms with Crippen molar-refractivity contribution in [2.24, 2.45) is 0 Å². The lowest BCUT2D eigenvalue weighted by molar-refractivity contribution is 0.0690. The summed E-state index contributed by atoms with van der Waals surface area (Å²) in [5.41, 5.74) is -0.810. The van der Waals surface area contributed by atoms with Crippen molar-refractivity contribution in [3.63, 3.8) is 0 Å². The van der Waals surface area contributed by atoms with Gasteiger partial charge in [-0.1, -0.05) is 24.3 Å². The van der Waals surface area contributed by atoms with Gasteiger partial charge in [0.05, 0.1) is 0 Å². The summed E-state index contributed by atoms with van der Waals surface area (Å²) in [6, 6.07) is 12.4. The zero-order valence-electron chi connectivity index (χ0n) is 11.6. The molecule has 2 N–H and O–H groups in total. The number of fused-ring (bicyclic) bond motifs is 1. The fraction of sp³-hybridized carbons (Fsp3) is 0. The van der Waals surface area contributed by atoms with E-state index in [0.717, 1.165) is 0 Å². The van der Waals surface area contributed by atoms with Crippen molar-refractivity contribution < 1.29 is 19.1 Å². The Bertz CT molecular complexity index is 977. The molecular formula is C16H10N2O5. The van der Waals surface area contributed by atoms with Crippen molar-refractivity contribution in [1.29, 1.82) is 0 Å². The van der Waals surface area contributed by atoms with E-state index < -0.39 is 17.5 Å². The number of aromatic nitrogens is 1. The second-order valence-electron chi connectivity index (χ2n) is 4.65. The molecule has 2 heterocycles. The van der Waals surface area contributed by atoms with Crippen LogP contribution in [-0.4, -0.2) is 22.0 Å². The van der Waals surface area contributed by atoms with E-state index in [9.17, 15) is 14.4 Å². The number of pyridine rings is 1. The quantitative estimate of drug-likeness (QED) is 0.717. The van der Waals surface area contributed by atoms with Gasteiger partial charge in [-0.3, -0.25) is 4.79 Å². The number of nitrogens with zero attached hydrogens (tertiary/aromatic N) is 1. The van der Waals surface area contributed by atoms with Gasteiger partial charge in [-0.25, -0.2) is 14.6 Å². The molecule has 7 nitrogen and oxygen atoms in total. The number of carboxylic acid groups (broad SMARTS) is 1. The predicted molar refractivity (Wildman–Crippen MR) is 81.6 cm³/mol. The minimum atomic E-state index is -1.22. The van der Waals surface area contributed by atoms with E-state index in [1.54, 1.807) is 24.3 Å². The van der Waals surface area contributed by atoms with Gasteiger partial charge in [0.15, 0.2) is 5.69 Å². The molecule has 3 rings (SSSR count). The molecule has 0 bridgehead atoms. The van der Waals surface area contributed by atoms with Gasteiger partial charge in [-0.15, -0.1) is 0 Å². The first-order valence-electron chi connectivity index (χ1n) is 6.59. The minimum Gasteiger partial charge on any atom is -0.477 e. The van der Waals surface area contributed by atoms with Crippen molar-refractivity contribution in [2.75, 3.05) is 5.32 Å². The third-order valence-electron chi connectivity index (χ3n) is 3.10. The van der Waals surface area contributed by atoms with E-state index >= 15 is 0 Å². The molecule has 0 aliphatic rings. The average Bonchev–Trinajstić information content (AvgIpc) is 2.54. The molecular weight excluding hydrogens is 300 g/mol. The Morgan fingerprint density at radius 2 is 1.87 bits per heavy atom. The van der Waals surface area contributed by atoms with Crippen LogP contribution < -0.4 is 10.9 Å². The molecule has 0 fully saturated rings. The van der Waals surface area contributed by atoms with Crippen LogP contribution in [0.5, 0.6) is 0 Å². The van der Waals surface area contributed by atoms with E-state index in [1.807, 2.05) is 0 Å². The van der Waals surface area contributed by atoms with Crippen LogP contribution in [0.25, 0.3) is 11.0 Å². The first kappa shape index (κ1) is 14.5. The summed E-state index contributed by atoms with van der Waals surface area (Å²) in [6.45, 7) is 0. The molecule has 2 aromatic heterocycles. The topological polar surface area (TPSA) is 110 Å². The summed E-state index contributed by atoms with van der Waals surface area (Å²) in [4.78, 5) is 38.7. The number of amides is 1. The Morgan fingerprint density at radius 3 is 2.65 bits per heavy atom. The third-order valence-corrected chi connectivity index (χ3v) is 3.10. The molecule has 1 amide bonds. The van der Waals surface area contributed by atoms with Crippen LogP contribution >= 0.6 is 0 Å². The van der Waals surface area contributed by atoms with Crippen LogP contribution in [0.1, 0.15) is 20.8 Å². The van der Waals surface area contributed by atoms with Crippen molar-refractivity contribution in [3.8, 4) is 0 Å². The fourth-order valence-corrected chi connectivity index (χ4v) is 2.03. The summed E-state index contributed by atoms with van der Waals surface area (Å²) >= 11 is 0. The number of nitrogens with one attached hydrogen (secondary N) is 1. The van der Waals surface area contributed by atoms with Crippen LogP contribution in [0, 0.1) is 0 Å².